The first-order valence-electron chi connectivity index (χ1n) is 8.67. The van der Waals surface area contributed by atoms with Gasteiger partial charge in [0.15, 0.2) is 10.9 Å². The minimum absolute atomic E-state index is 0.0914. The second-order valence-corrected chi connectivity index (χ2v) is 5.34. The molecule has 0 radical (unpaired) electrons. The topological polar surface area (TPSA) is 110 Å². The summed E-state index contributed by atoms with van der Waals surface area (Å²) in [5.41, 5.74) is 0.639. The van der Waals surface area contributed by atoms with Gasteiger partial charge in [-0.05, 0) is 37.3 Å². The summed E-state index contributed by atoms with van der Waals surface area (Å²) in [6.45, 7) is 5.73. The summed E-state index contributed by atoms with van der Waals surface area (Å²) < 4.78 is 13.9. The Morgan fingerprint density at radius 1 is 1.14 bits per heavy atom. The fraction of sp³-hybridized carbons (Fsp3) is 0.667. The molecule has 0 spiro atoms. The number of rotatable bonds is 6. The maximum Gasteiger partial charge on any atom is 0.334 e. The number of carbonyl (C=O) groups is 2. The fourth-order valence-electron chi connectivity index (χ4n) is 1.57. The second kappa shape index (κ2) is 21.8. The zero-order chi connectivity index (χ0) is 22.5. The highest BCUT2D eigenvalue weighted by Crippen LogP contribution is 1.96. The average molecular weight is 485 g/mol. The molecule has 1 aromatic heterocycles. The molecule has 1 unspecified atom stereocenters. The van der Waals surface area contributed by atoms with Crippen LogP contribution in [0.4, 0.5) is 0 Å². The quantitative estimate of drug-likeness (QED) is 0.360. The van der Waals surface area contributed by atoms with Crippen molar-refractivity contribution in [1.29, 1.82) is 0 Å². The molecule has 0 amide bonds. The molecule has 164 valence electrons. The Balaban J connectivity index is -0.000000325. The van der Waals surface area contributed by atoms with Crippen molar-refractivity contribution >= 4 is 40.1 Å². The van der Waals surface area contributed by atoms with Gasteiger partial charge in [0.25, 0.3) is 5.56 Å². The number of ether oxygens (including phenoxy) is 3. The lowest BCUT2D eigenvalue weighted by Gasteiger charge is -2.08. The van der Waals surface area contributed by atoms with Crippen molar-refractivity contribution in [3.8, 4) is 0 Å². The van der Waals surface area contributed by atoms with Crippen molar-refractivity contribution in [2.24, 2.45) is 0 Å². The summed E-state index contributed by atoms with van der Waals surface area (Å²) in [5.74, 6) is 1.38. The lowest BCUT2D eigenvalue weighted by atomic mass is 10.3. The third kappa shape index (κ3) is 16.6. The molecule has 0 aromatic carbocycles. The molecule has 0 aliphatic heterocycles. The Morgan fingerprint density at radius 2 is 1.71 bits per heavy atom. The third-order valence-electron chi connectivity index (χ3n) is 3.08. The molecule has 0 saturated carbocycles. The van der Waals surface area contributed by atoms with E-state index in [1.807, 2.05) is 26.6 Å². The van der Waals surface area contributed by atoms with Gasteiger partial charge >= 0.3 is 11.9 Å². The highest BCUT2D eigenvalue weighted by atomic mass is 79.9. The highest BCUT2D eigenvalue weighted by Gasteiger charge is 2.14. The van der Waals surface area contributed by atoms with Gasteiger partial charge in [-0.25, -0.2) is 4.79 Å². The minimum Gasteiger partial charge on any atom is -0.469 e. The van der Waals surface area contributed by atoms with E-state index >= 15 is 0 Å². The lowest BCUT2D eigenvalue weighted by Crippen LogP contribution is -2.22. The van der Waals surface area contributed by atoms with Gasteiger partial charge in [-0.1, -0.05) is 36.7 Å². The molecule has 8 nitrogen and oxygen atoms in total. The summed E-state index contributed by atoms with van der Waals surface area (Å²) in [5, 5.41) is 0. The van der Waals surface area contributed by atoms with Crippen LogP contribution < -0.4 is 5.56 Å². The Labute approximate surface area is 180 Å². The van der Waals surface area contributed by atoms with E-state index < -0.39 is 6.10 Å². The van der Waals surface area contributed by atoms with E-state index in [4.69, 9.17) is 17.0 Å². The number of aromatic nitrogens is 2. The van der Waals surface area contributed by atoms with Gasteiger partial charge in [0.2, 0.25) is 0 Å². The number of esters is 2. The van der Waals surface area contributed by atoms with Crippen LogP contribution in [-0.4, -0.2) is 55.2 Å². The molecule has 0 fully saturated rings. The minimum atomic E-state index is -0.394. The molecule has 1 heterocycles. The number of nitrogens with one attached hydrogen (secondary N) is 2. The van der Waals surface area contributed by atoms with E-state index in [1.165, 1.54) is 21.3 Å². The van der Waals surface area contributed by atoms with E-state index in [-0.39, 0.29) is 17.5 Å². The lowest BCUT2D eigenvalue weighted by molar-refractivity contribution is -0.152. The van der Waals surface area contributed by atoms with Crippen LogP contribution in [0.25, 0.3) is 0 Å². The molecule has 10 heteroatoms. The van der Waals surface area contributed by atoms with Crippen molar-refractivity contribution < 1.29 is 23.8 Å². The number of halogens is 1. The van der Waals surface area contributed by atoms with Crippen LogP contribution in [0.3, 0.4) is 0 Å². The number of aromatic amines is 2. The van der Waals surface area contributed by atoms with Crippen molar-refractivity contribution in [1.82, 2.24) is 9.97 Å². The maximum atomic E-state index is 10.9. The van der Waals surface area contributed by atoms with Crippen LogP contribution >= 0.6 is 28.1 Å². The highest BCUT2D eigenvalue weighted by molar-refractivity contribution is 9.08. The van der Waals surface area contributed by atoms with Crippen molar-refractivity contribution in [2.75, 3.05) is 27.2 Å². The average Bonchev–Trinajstić information content (AvgIpc) is 2.71. The number of carbonyl (C=O) groups excluding carboxylic acids is 2. The number of aryl methyl sites for hydroxylation is 1. The van der Waals surface area contributed by atoms with Crippen molar-refractivity contribution in [2.45, 2.75) is 52.6 Å². The van der Waals surface area contributed by atoms with Crippen LogP contribution in [0.15, 0.2) is 11.0 Å². The Hall–Kier alpha value is -1.52. The molecule has 0 aliphatic rings. The number of hydrogen-bond acceptors (Lipinski definition) is 7. The Kier molecular flexibility index (Phi) is 24.3. The van der Waals surface area contributed by atoms with E-state index in [0.717, 1.165) is 18.4 Å². The van der Waals surface area contributed by atoms with Crippen LogP contribution in [0.2, 0.25) is 0 Å². The first-order valence-corrected chi connectivity index (χ1v) is 10.7. The monoisotopic (exact) mass is 484 g/mol. The summed E-state index contributed by atoms with van der Waals surface area (Å²) in [6, 6.07) is 0. The second-order valence-electron chi connectivity index (χ2n) is 4.93. The van der Waals surface area contributed by atoms with Crippen LogP contribution in [0.1, 0.15) is 45.6 Å². The van der Waals surface area contributed by atoms with Gasteiger partial charge in [0.1, 0.15) is 0 Å². The summed E-state index contributed by atoms with van der Waals surface area (Å²) in [4.78, 5) is 37.0. The summed E-state index contributed by atoms with van der Waals surface area (Å²) in [6.07, 6.45) is 4.03. The molecule has 1 rings (SSSR count). The van der Waals surface area contributed by atoms with Gasteiger partial charge in [-0.3, -0.25) is 14.6 Å². The number of hydrogen-bond donors (Lipinski definition) is 2. The number of methoxy groups -OCH3 is 3. The predicted octanol–water partition coefficient (Wildman–Crippen LogP) is 3.55. The molecule has 1 aromatic rings. The smallest absolute Gasteiger partial charge is 0.334 e. The third-order valence-corrected chi connectivity index (χ3v) is 3.30. The maximum absolute atomic E-state index is 10.9. The van der Waals surface area contributed by atoms with Crippen LogP contribution in [-0.2, 0) is 30.2 Å². The van der Waals surface area contributed by atoms with E-state index in [1.54, 1.807) is 6.20 Å². The largest absolute Gasteiger partial charge is 0.469 e. The van der Waals surface area contributed by atoms with E-state index in [2.05, 4.69) is 35.4 Å². The predicted molar refractivity (Wildman–Crippen MR) is 117 cm³/mol. The first-order chi connectivity index (χ1) is 13.3. The number of H-pyrrole nitrogens is 2. The van der Waals surface area contributed by atoms with Crippen molar-refractivity contribution in [3.05, 3.63) is 26.9 Å². The molecule has 1 atom stereocenters. The molecular weight excluding hydrogens is 452 g/mol. The van der Waals surface area contributed by atoms with E-state index in [9.17, 15) is 14.4 Å². The zero-order valence-electron chi connectivity index (χ0n) is 17.7. The Morgan fingerprint density at radius 3 is 1.96 bits per heavy atom. The van der Waals surface area contributed by atoms with Crippen LogP contribution in [0, 0.1) is 4.77 Å². The summed E-state index contributed by atoms with van der Waals surface area (Å²) >= 11 is 7.63. The van der Waals surface area contributed by atoms with Crippen LogP contribution in [0.5, 0.6) is 0 Å². The fourth-order valence-corrected chi connectivity index (χ4v) is 1.72. The molecule has 28 heavy (non-hydrogen) atoms. The van der Waals surface area contributed by atoms with Gasteiger partial charge in [0, 0.05) is 25.3 Å². The number of alkyl halides is 1. The normalized spacial score (nSPS) is 9.86. The molecular formula is C18H33BrN2O6S. The van der Waals surface area contributed by atoms with Gasteiger partial charge < -0.3 is 19.2 Å². The first kappa shape index (κ1) is 31.2. The standard InChI is InChI=1S/C6H8N2OS.C6H12O3.C5H10O2.CH3Br/c1-2-4-3-7-6(10)8-5(4)9;1-4-5(8-2)6(7)9-3;1-3-4-5(6)7-2;1-2/h3H,2H2,1H3,(H2,7,8,9,10);5H,4H2,1-3H3;3-4H2,1-2H3;1H3. The van der Waals surface area contributed by atoms with E-state index in [0.29, 0.717) is 17.6 Å². The molecule has 0 bridgehead atoms. The van der Waals surface area contributed by atoms with Crippen molar-refractivity contribution in [3.63, 3.8) is 0 Å². The van der Waals surface area contributed by atoms with Gasteiger partial charge in [-0.2, -0.15) is 0 Å². The Bertz CT molecular complexity index is 629. The zero-order valence-corrected chi connectivity index (χ0v) is 20.1. The molecule has 0 aliphatic carbocycles. The van der Waals surface area contributed by atoms with Gasteiger partial charge in [-0.15, -0.1) is 0 Å². The summed E-state index contributed by atoms with van der Waals surface area (Å²) in [7, 11) is 4.24. The molecule has 0 saturated heterocycles. The SMILES string of the molecule is CBr.CCC(OC)C(=O)OC.CCCC(=O)OC.CCc1c[nH]c(=S)[nH]c1=O. The van der Waals surface area contributed by atoms with Gasteiger partial charge in [0.05, 0.1) is 14.2 Å². The molecule has 2 N–H and O–H groups in total.